The minimum absolute atomic E-state index is 0.149. The molecule has 0 saturated heterocycles. The second-order valence-corrected chi connectivity index (χ2v) is 8.97. The van der Waals surface area contributed by atoms with Crippen molar-refractivity contribution in [3.05, 3.63) is 89.9 Å². The number of allylic oxidation sites excluding steroid dienone is 3. The van der Waals surface area contributed by atoms with Gasteiger partial charge in [-0.3, -0.25) is 9.98 Å². The SMILES string of the molecule is C=Nc1ccncc1C1CCC=CC1n1c2c(c3ccc4c5ccccc5oc4c31)CC=C2. The first kappa shape index (κ1) is 18.6. The fourth-order valence-corrected chi connectivity index (χ4v) is 5.91. The maximum Gasteiger partial charge on any atom is 0.159 e. The zero-order valence-corrected chi connectivity index (χ0v) is 18.2. The summed E-state index contributed by atoms with van der Waals surface area (Å²) >= 11 is 0. The summed E-state index contributed by atoms with van der Waals surface area (Å²) in [7, 11) is 0. The van der Waals surface area contributed by atoms with E-state index in [0.29, 0.717) is 0 Å². The van der Waals surface area contributed by atoms with Gasteiger partial charge in [-0.15, -0.1) is 0 Å². The van der Waals surface area contributed by atoms with Crippen LogP contribution < -0.4 is 0 Å². The maximum absolute atomic E-state index is 6.51. The summed E-state index contributed by atoms with van der Waals surface area (Å²) in [6.07, 6.45) is 16.0. The lowest BCUT2D eigenvalue weighted by atomic mass is 9.83. The van der Waals surface area contributed by atoms with E-state index in [1.165, 1.54) is 32.9 Å². The van der Waals surface area contributed by atoms with Crippen LogP contribution in [0.1, 0.15) is 41.6 Å². The van der Waals surface area contributed by atoms with Crippen molar-refractivity contribution in [3.8, 4) is 0 Å². The topological polar surface area (TPSA) is 43.3 Å². The first-order valence-corrected chi connectivity index (χ1v) is 11.6. The molecule has 160 valence electrons. The first-order chi connectivity index (χ1) is 16.3. The third-order valence-electron chi connectivity index (χ3n) is 7.34. The summed E-state index contributed by atoms with van der Waals surface area (Å²) in [4.78, 5) is 8.76. The largest absolute Gasteiger partial charge is 0.454 e. The number of para-hydroxylation sites is 1. The van der Waals surface area contributed by atoms with Gasteiger partial charge < -0.3 is 8.98 Å². The molecule has 2 aliphatic carbocycles. The van der Waals surface area contributed by atoms with Gasteiger partial charge in [0, 0.05) is 45.7 Å². The Labute approximate surface area is 191 Å². The van der Waals surface area contributed by atoms with Gasteiger partial charge in [-0.05, 0) is 55.8 Å². The molecular weight excluding hydrogens is 406 g/mol. The van der Waals surface area contributed by atoms with Gasteiger partial charge in [0.15, 0.2) is 5.58 Å². The molecule has 0 amide bonds. The zero-order chi connectivity index (χ0) is 21.9. The molecular formula is C29H23N3O. The van der Waals surface area contributed by atoms with Crippen molar-refractivity contribution in [2.45, 2.75) is 31.2 Å². The molecule has 0 N–H and O–H groups in total. The fourth-order valence-electron chi connectivity index (χ4n) is 5.91. The van der Waals surface area contributed by atoms with E-state index >= 15 is 0 Å². The minimum Gasteiger partial charge on any atom is -0.454 e. The van der Waals surface area contributed by atoms with Crippen LogP contribution in [0, 0.1) is 0 Å². The highest BCUT2D eigenvalue weighted by molar-refractivity contribution is 6.15. The predicted molar refractivity (Wildman–Crippen MR) is 136 cm³/mol. The normalized spacial score (nSPS) is 19.6. The van der Waals surface area contributed by atoms with Gasteiger partial charge in [0.05, 0.1) is 17.2 Å². The third-order valence-corrected chi connectivity index (χ3v) is 7.34. The van der Waals surface area contributed by atoms with Crippen LogP contribution in [0.15, 0.2) is 82.5 Å². The molecule has 7 rings (SSSR count). The van der Waals surface area contributed by atoms with E-state index < -0.39 is 0 Å². The Morgan fingerprint density at radius 1 is 1.03 bits per heavy atom. The van der Waals surface area contributed by atoms with Crippen LogP contribution in [-0.4, -0.2) is 16.3 Å². The number of rotatable bonds is 3. The van der Waals surface area contributed by atoms with Gasteiger partial charge in [0.1, 0.15) is 5.58 Å². The highest BCUT2D eigenvalue weighted by Gasteiger charge is 2.32. The number of nitrogens with zero attached hydrogens (tertiary/aromatic N) is 3. The Morgan fingerprint density at radius 3 is 2.88 bits per heavy atom. The smallest absolute Gasteiger partial charge is 0.159 e. The molecule has 3 aromatic heterocycles. The van der Waals surface area contributed by atoms with Crippen LogP contribution in [-0.2, 0) is 6.42 Å². The molecule has 0 bridgehead atoms. The second kappa shape index (κ2) is 7.04. The number of aromatic nitrogens is 2. The lowest BCUT2D eigenvalue weighted by Gasteiger charge is -2.31. The molecule has 4 nitrogen and oxygen atoms in total. The van der Waals surface area contributed by atoms with E-state index in [4.69, 9.17) is 4.42 Å². The molecule has 5 aromatic rings. The number of hydrogen-bond donors (Lipinski definition) is 0. The van der Waals surface area contributed by atoms with E-state index in [9.17, 15) is 0 Å². The van der Waals surface area contributed by atoms with Crippen LogP contribution in [0.3, 0.4) is 0 Å². The maximum atomic E-state index is 6.51. The molecule has 0 fully saturated rings. The summed E-state index contributed by atoms with van der Waals surface area (Å²) in [5, 5.41) is 3.62. The molecule has 33 heavy (non-hydrogen) atoms. The molecule has 2 aromatic carbocycles. The number of aliphatic imine (C=N–C) groups is 1. The van der Waals surface area contributed by atoms with Gasteiger partial charge in [0.2, 0.25) is 0 Å². The van der Waals surface area contributed by atoms with Crippen LogP contribution in [0.5, 0.6) is 0 Å². The molecule has 0 aliphatic heterocycles. The Kier molecular flexibility index (Phi) is 3.98. The zero-order valence-electron chi connectivity index (χ0n) is 18.2. The quantitative estimate of drug-likeness (QED) is 0.220. The van der Waals surface area contributed by atoms with Crippen molar-refractivity contribution < 1.29 is 4.42 Å². The van der Waals surface area contributed by atoms with Gasteiger partial charge >= 0.3 is 0 Å². The van der Waals surface area contributed by atoms with Crippen LogP contribution in [0.4, 0.5) is 5.69 Å². The molecule has 0 saturated carbocycles. The molecule has 4 heteroatoms. The van der Waals surface area contributed by atoms with Gasteiger partial charge in [-0.2, -0.15) is 0 Å². The number of benzene rings is 2. The highest BCUT2D eigenvalue weighted by atomic mass is 16.3. The van der Waals surface area contributed by atoms with Crippen LogP contribution in [0.25, 0.3) is 38.9 Å². The monoisotopic (exact) mass is 429 g/mol. The summed E-state index contributed by atoms with van der Waals surface area (Å²) < 4.78 is 9.02. The lowest BCUT2D eigenvalue weighted by molar-refractivity contribution is 0.453. The van der Waals surface area contributed by atoms with E-state index in [0.717, 1.165) is 41.7 Å². The van der Waals surface area contributed by atoms with Crippen LogP contribution >= 0.6 is 0 Å². The van der Waals surface area contributed by atoms with Crippen molar-refractivity contribution in [2.24, 2.45) is 4.99 Å². The van der Waals surface area contributed by atoms with Crippen molar-refractivity contribution >= 4 is 51.3 Å². The van der Waals surface area contributed by atoms with E-state index in [2.05, 4.69) is 75.9 Å². The van der Waals surface area contributed by atoms with E-state index in [1.807, 2.05) is 18.3 Å². The molecule has 2 atom stereocenters. The fraction of sp³-hybridized carbons (Fsp3) is 0.172. The molecule has 0 radical (unpaired) electrons. The number of hydrogen-bond acceptors (Lipinski definition) is 3. The average Bonchev–Trinajstić information content (AvgIpc) is 3.56. The van der Waals surface area contributed by atoms with Crippen molar-refractivity contribution in [2.75, 3.05) is 0 Å². The van der Waals surface area contributed by atoms with Crippen LogP contribution in [0.2, 0.25) is 0 Å². The van der Waals surface area contributed by atoms with Crippen molar-refractivity contribution in [1.82, 2.24) is 9.55 Å². The number of furan rings is 1. The molecule has 2 unspecified atom stereocenters. The van der Waals surface area contributed by atoms with Crippen molar-refractivity contribution in [1.29, 1.82) is 0 Å². The summed E-state index contributed by atoms with van der Waals surface area (Å²) in [5.41, 5.74) is 7.86. The molecule has 3 heterocycles. The van der Waals surface area contributed by atoms with Crippen molar-refractivity contribution in [3.63, 3.8) is 0 Å². The predicted octanol–water partition coefficient (Wildman–Crippen LogP) is 7.51. The van der Waals surface area contributed by atoms with E-state index in [-0.39, 0.29) is 12.0 Å². The number of pyridine rings is 1. The minimum atomic E-state index is 0.149. The Morgan fingerprint density at radius 2 is 1.94 bits per heavy atom. The summed E-state index contributed by atoms with van der Waals surface area (Å²) in [6, 6.07) is 14.9. The summed E-state index contributed by atoms with van der Waals surface area (Å²) in [5.74, 6) is 0.262. The summed E-state index contributed by atoms with van der Waals surface area (Å²) in [6.45, 7) is 3.82. The first-order valence-electron chi connectivity index (χ1n) is 11.6. The lowest BCUT2D eigenvalue weighted by Crippen LogP contribution is -2.20. The van der Waals surface area contributed by atoms with Gasteiger partial charge in [0.25, 0.3) is 0 Å². The van der Waals surface area contributed by atoms with Gasteiger partial charge in [-0.25, -0.2) is 0 Å². The second-order valence-electron chi connectivity index (χ2n) is 8.97. The highest BCUT2D eigenvalue weighted by Crippen LogP contribution is 2.47. The average molecular weight is 430 g/mol. The van der Waals surface area contributed by atoms with Gasteiger partial charge in [-0.1, -0.05) is 42.5 Å². The molecule has 2 aliphatic rings. The Hall–Kier alpha value is -3.92. The Balaban J connectivity index is 1.56. The number of fused-ring (bicyclic) bond motifs is 7. The third kappa shape index (κ3) is 2.58. The molecule has 0 spiro atoms. The van der Waals surface area contributed by atoms with E-state index in [1.54, 1.807) is 6.20 Å². The Bertz CT molecular complexity index is 1630. The standard InChI is InChI=1S/C29H23N3O/c1-30-24-15-16-31-17-23(24)19-7-2-4-10-25(19)32-26-11-6-9-18(26)21-13-14-22-20-8-3-5-12-27(20)33-29(22)28(21)32/h3-6,8,10-17,19,25H,1-2,7,9H2.